The van der Waals surface area contributed by atoms with Gasteiger partial charge in [0.2, 0.25) is 0 Å². The number of nitrogens with zero attached hydrogens (tertiary/aromatic N) is 1. The molecule has 16 heavy (non-hydrogen) atoms. The monoisotopic (exact) mass is 246 g/mol. The number of amidine groups is 1. The lowest BCUT2D eigenvalue weighted by Gasteiger charge is -2.38. The number of carbonyl (C=O) groups is 1. The molecule has 1 unspecified atom stereocenters. The first-order valence-electron chi connectivity index (χ1n) is 5.02. The van der Waals surface area contributed by atoms with Gasteiger partial charge < -0.3 is 25.1 Å². The van der Waals surface area contributed by atoms with Crippen molar-refractivity contribution in [3.8, 4) is 0 Å². The van der Waals surface area contributed by atoms with Crippen LogP contribution in [0.4, 0.5) is 0 Å². The zero-order valence-electron chi connectivity index (χ0n) is 8.74. The molecule has 90 valence electrons. The number of hydrogen-bond donors (Lipinski definition) is 3. The van der Waals surface area contributed by atoms with E-state index < -0.39 is 18.3 Å². The van der Waals surface area contributed by atoms with Crippen LogP contribution >= 0.6 is 11.8 Å². The molecule has 0 radical (unpaired) electrons. The molecule has 2 aliphatic heterocycles. The molecule has 0 amide bonds. The fourth-order valence-electron chi connectivity index (χ4n) is 1.88. The highest BCUT2D eigenvalue weighted by Crippen LogP contribution is 2.34. The molecule has 0 aromatic heterocycles. The van der Waals surface area contributed by atoms with Gasteiger partial charge in [0, 0.05) is 13.5 Å². The van der Waals surface area contributed by atoms with Crippen LogP contribution in [0.2, 0.25) is 0 Å². The lowest BCUT2D eigenvalue weighted by atomic mass is 9.96. The SMILES string of the molecule is CN=C1N[C@@H]2[C@@H](O)[C@@H](O)C(CC=O)O[C@@H]2S1. The van der Waals surface area contributed by atoms with Crippen molar-refractivity contribution in [3.05, 3.63) is 0 Å². The topological polar surface area (TPSA) is 91.2 Å². The molecule has 0 aliphatic carbocycles. The van der Waals surface area contributed by atoms with E-state index in [-0.39, 0.29) is 17.9 Å². The zero-order chi connectivity index (χ0) is 11.7. The molecule has 5 atom stereocenters. The Balaban J connectivity index is 2.11. The molecule has 3 N–H and O–H groups in total. The van der Waals surface area contributed by atoms with Crippen LogP contribution in [0.5, 0.6) is 0 Å². The van der Waals surface area contributed by atoms with Crippen LogP contribution in [0.1, 0.15) is 6.42 Å². The van der Waals surface area contributed by atoms with Crippen LogP contribution in [0.3, 0.4) is 0 Å². The van der Waals surface area contributed by atoms with E-state index in [1.807, 2.05) is 0 Å². The van der Waals surface area contributed by atoms with E-state index in [1.54, 1.807) is 7.05 Å². The normalized spacial score (nSPS) is 45.2. The Morgan fingerprint density at radius 3 is 2.94 bits per heavy atom. The van der Waals surface area contributed by atoms with E-state index in [4.69, 9.17) is 4.74 Å². The van der Waals surface area contributed by atoms with Crippen molar-refractivity contribution in [2.45, 2.75) is 36.2 Å². The average molecular weight is 246 g/mol. The average Bonchev–Trinajstić information content (AvgIpc) is 2.69. The first kappa shape index (κ1) is 11.8. The van der Waals surface area contributed by atoms with Crippen LogP contribution in [0.15, 0.2) is 4.99 Å². The summed E-state index contributed by atoms with van der Waals surface area (Å²) in [5.41, 5.74) is -0.304. The van der Waals surface area contributed by atoms with Crippen molar-refractivity contribution in [2.75, 3.05) is 7.05 Å². The van der Waals surface area contributed by atoms with Crippen LogP contribution in [0, 0.1) is 0 Å². The molecule has 2 saturated heterocycles. The zero-order valence-corrected chi connectivity index (χ0v) is 9.55. The Bertz CT molecular complexity index is 312. The number of aldehydes is 1. The minimum atomic E-state index is -1.05. The maximum atomic E-state index is 10.4. The van der Waals surface area contributed by atoms with Crippen LogP contribution in [-0.2, 0) is 9.53 Å². The second kappa shape index (κ2) is 4.70. The highest BCUT2D eigenvalue weighted by atomic mass is 32.2. The van der Waals surface area contributed by atoms with Crippen LogP contribution < -0.4 is 5.32 Å². The summed E-state index contributed by atoms with van der Waals surface area (Å²) >= 11 is 1.36. The maximum Gasteiger partial charge on any atom is 0.159 e. The van der Waals surface area contributed by atoms with Crippen molar-refractivity contribution in [1.82, 2.24) is 5.32 Å². The van der Waals surface area contributed by atoms with Crippen LogP contribution in [0.25, 0.3) is 0 Å². The van der Waals surface area contributed by atoms with E-state index in [1.165, 1.54) is 11.8 Å². The summed E-state index contributed by atoms with van der Waals surface area (Å²) in [6, 6.07) is -0.374. The number of thioether (sulfide) groups is 1. The van der Waals surface area contributed by atoms with Gasteiger partial charge in [-0.3, -0.25) is 4.99 Å². The van der Waals surface area contributed by atoms with Gasteiger partial charge in [-0.15, -0.1) is 0 Å². The summed E-state index contributed by atoms with van der Waals surface area (Å²) in [5.74, 6) is 0. The quantitative estimate of drug-likeness (QED) is 0.525. The fraction of sp³-hybridized carbons (Fsp3) is 0.778. The third kappa shape index (κ3) is 1.95. The molecule has 0 aromatic carbocycles. The van der Waals surface area contributed by atoms with E-state index >= 15 is 0 Å². The predicted octanol–water partition coefficient (Wildman–Crippen LogP) is -1.29. The second-order valence-corrected chi connectivity index (χ2v) is 4.83. The number of rotatable bonds is 2. The molecule has 2 rings (SSSR count). The van der Waals surface area contributed by atoms with Gasteiger partial charge in [0.1, 0.15) is 23.9 Å². The van der Waals surface area contributed by atoms with Crippen molar-refractivity contribution in [1.29, 1.82) is 0 Å². The predicted molar refractivity (Wildman–Crippen MR) is 59.2 cm³/mol. The van der Waals surface area contributed by atoms with Crippen LogP contribution in [-0.4, -0.2) is 58.5 Å². The molecule has 2 aliphatic rings. The number of carbonyl (C=O) groups excluding carboxylic acids is 1. The van der Waals surface area contributed by atoms with Gasteiger partial charge in [0.15, 0.2) is 5.17 Å². The number of hydrogen-bond acceptors (Lipinski definition) is 6. The molecule has 0 bridgehead atoms. The van der Waals surface area contributed by atoms with Gasteiger partial charge in [-0.05, 0) is 0 Å². The van der Waals surface area contributed by atoms with Gasteiger partial charge in [-0.25, -0.2) is 0 Å². The fourth-order valence-corrected chi connectivity index (χ4v) is 2.98. The Hall–Kier alpha value is -0.630. The summed E-state index contributed by atoms with van der Waals surface area (Å²) < 4.78 is 5.54. The standard InChI is InChI=1S/C9H14N2O4S/c1-10-9-11-5-7(14)6(13)4(2-3-12)15-8(5)16-9/h3-8,13-14H,2H2,1H3,(H,10,11)/t4?,5-,6+,7-,8-/m1/s1. The highest BCUT2D eigenvalue weighted by molar-refractivity contribution is 8.14. The highest BCUT2D eigenvalue weighted by Gasteiger charge is 2.48. The van der Waals surface area contributed by atoms with E-state index in [0.717, 1.165) is 0 Å². The van der Waals surface area contributed by atoms with E-state index in [9.17, 15) is 15.0 Å². The molecule has 0 aromatic rings. The van der Waals surface area contributed by atoms with Gasteiger partial charge in [0.05, 0.1) is 12.1 Å². The van der Waals surface area contributed by atoms with Crippen molar-refractivity contribution >= 4 is 23.2 Å². The van der Waals surface area contributed by atoms with Gasteiger partial charge >= 0.3 is 0 Å². The van der Waals surface area contributed by atoms with E-state index in [2.05, 4.69) is 10.3 Å². The minimum Gasteiger partial charge on any atom is -0.388 e. The van der Waals surface area contributed by atoms with Gasteiger partial charge in [-0.1, -0.05) is 11.8 Å². The number of aliphatic hydroxyl groups excluding tert-OH is 2. The molecule has 0 spiro atoms. The summed E-state index contributed by atoms with van der Waals surface area (Å²) in [5, 5.41) is 23.3. The lowest BCUT2D eigenvalue weighted by Crippen LogP contribution is -2.58. The molecule has 0 saturated carbocycles. The minimum absolute atomic E-state index is 0.0839. The van der Waals surface area contributed by atoms with Crippen molar-refractivity contribution < 1.29 is 19.7 Å². The van der Waals surface area contributed by atoms with E-state index in [0.29, 0.717) is 11.5 Å². The summed E-state index contributed by atoms with van der Waals surface area (Å²) in [7, 11) is 1.64. The number of aliphatic imine (C=N–C) groups is 1. The van der Waals surface area contributed by atoms with Gasteiger partial charge in [0.25, 0.3) is 0 Å². The molecule has 7 heteroatoms. The number of aliphatic hydroxyl groups is 2. The van der Waals surface area contributed by atoms with Crippen molar-refractivity contribution in [3.63, 3.8) is 0 Å². The third-order valence-corrected chi connectivity index (χ3v) is 3.91. The molecule has 2 fully saturated rings. The summed E-state index contributed by atoms with van der Waals surface area (Å²) in [6.45, 7) is 0. The Labute approximate surface area is 97.1 Å². The number of fused-ring (bicyclic) bond motifs is 1. The van der Waals surface area contributed by atoms with Crippen molar-refractivity contribution in [2.24, 2.45) is 4.99 Å². The number of ether oxygens (including phenoxy) is 1. The largest absolute Gasteiger partial charge is 0.388 e. The lowest BCUT2D eigenvalue weighted by molar-refractivity contribution is -0.159. The molecular weight excluding hydrogens is 232 g/mol. The first-order valence-corrected chi connectivity index (χ1v) is 5.90. The Morgan fingerprint density at radius 1 is 1.56 bits per heavy atom. The van der Waals surface area contributed by atoms with Gasteiger partial charge in [-0.2, -0.15) is 0 Å². The molecular formula is C9H14N2O4S. The third-order valence-electron chi connectivity index (χ3n) is 2.75. The second-order valence-electron chi connectivity index (χ2n) is 3.74. The smallest absolute Gasteiger partial charge is 0.159 e. The maximum absolute atomic E-state index is 10.4. The molecule has 2 heterocycles. The first-order chi connectivity index (χ1) is 7.67. The summed E-state index contributed by atoms with van der Waals surface area (Å²) in [4.78, 5) is 14.4. The summed E-state index contributed by atoms with van der Waals surface area (Å²) in [6.07, 6.45) is -1.87. The Kier molecular flexibility index (Phi) is 3.48. The molecule has 6 nitrogen and oxygen atoms in total. The number of nitrogens with one attached hydrogen (secondary N) is 1. The Morgan fingerprint density at radius 2 is 2.31 bits per heavy atom.